The van der Waals surface area contributed by atoms with Crippen LogP contribution in [0.1, 0.15) is 25.0 Å². The number of hydrogen-bond acceptors (Lipinski definition) is 8. The van der Waals surface area contributed by atoms with E-state index in [0.717, 1.165) is 11.1 Å². The highest BCUT2D eigenvalue weighted by molar-refractivity contribution is 7.86. The zero-order chi connectivity index (χ0) is 22.9. The Hall–Kier alpha value is -2.88. The molecule has 0 spiro atoms. The van der Waals surface area contributed by atoms with E-state index in [9.17, 15) is 13.2 Å². The number of esters is 1. The lowest BCUT2D eigenvalue weighted by Gasteiger charge is -2.22. The Bertz CT molecular complexity index is 1120. The number of carbonyl (C=O) groups is 1. The maximum absolute atomic E-state index is 12.8. The molecule has 2 atom stereocenters. The molecule has 0 amide bonds. The van der Waals surface area contributed by atoms with E-state index in [0.29, 0.717) is 0 Å². The molecule has 1 saturated heterocycles. The minimum atomic E-state index is -4.29. The Morgan fingerprint density at radius 2 is 1.75 bits per heavy atom. The first kappa shape index (κ1) is 22.3. The van der Waals surface area contributed by atoms with E-state index in [4.69, 9.17) is 23.1 Å². The van der Waals surface area contributed by atoms with Crippen LogP contribution in [-0.2, 0) is 44.7 Å². The largest absolute Gasteiger partial charge is 0.485 e. The number of hydrogen-bond donors (Lipinski definition) is 0. The second-order valence-corrected chi connectivity index (χ2v) is 9.56. The molecule has 170 valence electrons. The topological polar surface area (TPSA) is 97.4 Å². The summed E-state index contributed by atoms with van der Waals surface area (Å²) in [5.74, 6) is -2.37. The van der Waals surface area contributed by atoms with Gasteiger partial charge < -0.3 is 23.1 Å². The normalized spacial score (nSPS) is 22.7. The number of benzene rings is 2. The fourth-order valence-electron chi connectivity index (χ4n) is 3.38. The van der Waals surface area contributed by atoms with E-state index >= 15 is 0 Å². The van der Waals surface area contributed by atoms with Crippen LogP contribution in [0.4, 0.5) is 0 Å². The highest BCUT2D eigenvalue weighted by Crippen LogP contribution is 2.35. The van der Waals surface area contributed by atoms with E-state index in [1.165, 1.54) is 12.1 Å². The molecule has 2 heterocycles. The maximum atomic E-state index is 12.8. The van der Waals surface area contributed by atoms with Crippen molar-refractivity contribution in [1.29, 1.82) is 0 Å². The molecule has 0 saturated carbocycles. The molecule has 2 aliphatic rings. The molecule has 0 aromatic heterocycles. The van der Waals surface area contributed by atoms with Crippen LogP contribution in [0.15, 0.2) is 71.0 Å². The second-order valence-electron chi connectivity index (χ2n) is 8.01. The molecule has 9 heteroatoms. The number of aryl methyl sites for hydroxylation is 1. The summed E-state index contributed by atoms with van der Waals surface area (Å²) in [5.41, 5.74) is 1.71. The van der Waals surface area contributed by atoms with Crippen molar-refractivity contribution in [1.82, 2.24) is 0 Å². The summed E-state index contributed by atoms with van der Waals surface area (Å²) in [5, 5.41) is 0. The molecule has 8 nitrogen and oxygen atoms in total. The minimum absolute atomic E-state index is 0.0409. The molecule has 2 aromatic carbocycles. The summed E-state index contributed by atoms with van der Waals surface area (Å²) in [6.45, 7) is 5.52. The molecule has 1 fully saturated rings. The van der Waals surface area contributed by atoms with Crippen molar-refractivity contribution in [2.45, 2.75) is 50.3 Å². The SMILES string of the molecule is Cc1ccc(S(=O)(=O)OC2=C(OCc3ccccc3)C(C3COC(C)(C)O3)OC2=O)cc1. The smallest absolute Gasteiger partial charge is 0.380 e. The Morgan fingerprint density at radius 1 is 1.06 bits per heavy atom. The summed E-state index contributed by atoms with van der Waals surface area (Å²) in [6.07, 6.45) is -1.68. The van der Waals surface area contributed by atoms with Gasteiger partial charge in [0.05, 0.1) is 6.61 Å². The zero-order valence-electron chi connectivity index (χ0n) is 17.9. The lowest BCUT2D eigenvalue weighted by molar-refractivity contribution is -0.163. The van der Waals surface area contributed by atoms with Gasteiger partial charge in [-0.3, -0.25) is 0 Å². The van der Waals surface area contributed by atoms with Crippen molar-refractivity contribution in [2.75, 3.05) is 6.61 Å². The predicted molar refractivity (Wildman–Crippen MR) is 112 cm³/mol. The van der Waals surface area contributed by atoms with Gasteiger partial charge in [0.2, 0.25) is 0 Å². The Balaban J connectivity index is 1.65. The molecule has 2 unspecified atom stereocenters. The average molecular weight is 461 g/mol. The first-order valence-corrected chi connectivity index (χ1v) is 11.5. The van der Waals surface area contributed by atoms with Gasteiger partial charge in [-0.05, 0) is 38.5 Å². The quantitative estimate of drug-likeness (QED) is 0.459. The van der Waals surface area contributed by atoms with Gasteiger partial charge in [-0.25, -0.2) is 4.79 Å². The van der Waals surface area contributed by atoms with Crippen molar-refractivity contribution in [3.63, 3.8) is 0 Å². The third kappa shape index (κ3) is 4.79. The number of carbonyl (C=O) groups excluding carboxylic acids is 1. The number of ether oxygens (including phenoxy) is 4. The summed E-state index contributed by atoms with van der Waals surface area (Å²) in [7, 11) is -4.29. The molecular formula is C23H24O8S. The second kappa shape index (κ2) is 8.57. The van der Waals surface area contributed by atoms with Crippen molar-refractivity contribution in [3.8, 4) is 0 Å². The molecular weight excluding hydrogens is 436 g/mol. The van der Waals surface area contributed by atoms with Crippen molar-refractivity contribution in [3.05, 3.63) is 77.2 Å². The number of rotatable bonds is 7. The van der Waals surface area contributed by atoms with Gasteiger partial charge in [-0.1, -0.05) is 48.0 Å². The van der Waals surface area contributed by atoms with Crippen LogP contribution in [0, 0.1) is 6.92 Å². The van der Waals surface area contributed by atoms with Crippen LogP contribution in [0.5, 0.6) is 0 Å². The zero-order valence-corrected chi connectivity index (χ0v) is 18.8. The third-order valence-corrected chi connectivity index (χ3v) is 6.25. The van der Waals surface area contributed by atoms with E-state index in [1.807, 2.05) is 37.3 Å². The Morgan fingerprint density at radius 3 is 2.38 bits per heavy atom. The lowest BCUT2D eigenvalue weighted by Crippen LogP contribution is -2.33. The highest BCUT2D eigenvalue weighted by Gasteiger charge is 2.49. The lowest BCUT2D eigenvalue weighted by atomic mass is 10.1. The molecule has 0 radical (unpaired) electrons. The summed E-state index contributed by atoms with van der Waals surface area (Å²) in [4.78, 5) is 12.6. The maximum Gasteiger partial charge on any atom is 0.380 e. The van der Waals surface area contributed by atoms with Gasteiger partial charge in [0.25, 0.3) is 5.76 Å². The van der Waals surface area contributed by atoms with Crippen LogP contribution in [0.3, 0.4) is 0 Å². The van der Waals surface area contributed by atoms with Gasteiger partial charge in [-0.2, -0.15) is 8.42 Å². The molecule has 2 aliphatic heterocycles. The van der Waals surface area contributed by atoms with Gasteiger partial charge in [0.1, 0.15) is 17.6 Å². The van der Waals surface area contributed by atoms with Gasteiger partial charge in [0.15, 0.2) is 17.7 Å². The fourth-order valence-corrected chi connectivity index (χ4v) is 4.32. The van der Waals surface area contributed by atoms with E-state index in [1.54, 1.807) is 26.0 Å². The highest BCUT2D eigenvalue weighted by atomic mass is 32.2. The number of cyclic esters (lactones) is 1. The van der Waals surface area contributed by atoms with E-state index in [-0.39, 0.29) is 23.9 Å². The standard InChI is InChI=1S/C23H24O8S/c1-15-9-11-17(12-10-15)32(25,26)31-21-20(27-13-16-7-5-4-6-8-16)19(29-22(21)24)18-14-28-23(2,3)30-18/h4-12,18-19H,13-14H2,1-3H3. The first-order chi connectivity index (χ1) is 15.1. The monoisotopic (exact) mass is 460 g/mol. The Kier molecular flexibility index (Phi) is 5.98. The summed E-state index contributed by atoms with van der Waals surface area (Å²) in [6, 6.07) is 15.3. The van der Waals surface area contributed by atoms with Crippen LogP contribution < -0.4 is 0 Å². The predicted octanol–water partition coefficient (Wildman–Crippen LogP) is 3.21. The van der Waals surface area contributed by atoms with Crippen LogP contribution in [-0.4, -0.2) is 39.0 Å². The van der Waals surface area contributed by atoms with Crippen molar-refractivity contribution < 1.29 is 36.3 Å². The molecule has 0 aliphatic carbocycles. The van der Waals surface area contributed by atoms with Crippen LogP contribution in [0.25, 0.3) is 0 Å². The van der Waals surface area contributed by atoms with E-state index < -0.39 is 39.8 Å². The first-order valence-electron chi connectivity index (χ1n) is 10.1. The van der Waals surface area contributed by atoms with Crippen molar-refractivity contribution in [2.24, 2.45) is 0 Å². The summed E-state index contributed by atoms with van der Waals surface area (Å²) >= 11 is 0. The Labute approximate surface area is 186 Å². The average Bonchev–Trinajstić information content (AvgIpc) is 3.26. The fraction of sp³-hybridized carbons (Fsp3) is 0.348. The van der Waals surface area contributed by atoms with Crippen molar-refractivity contribution >= 4 is 16.1 Å². The minimum Gasteiger partial charge on any atom is -0.485 e. The molecule has 4 rings (SSSR count). The van der Waals surface area contributed by atoms with Gasteiger partial charge in [0, 0.05) is 0 Å². The molecule has 2 aromatic rings. The summed E-state index contributed by atoms with van der Waals surface area (Å²) < 4.78 is 53.6. The van der Waals surface area contributed by atoms with Crippen LogP contribution >= 0.6 is 0 Å². The van der Waals surface area contributed by atoms with Crippen LogP contribution in [0.2, 0.25) is 0 Å². The third-order valence-electron chi connectivity index (χ3n) is 5.01. The van der Waals surface area contributed by atoms with E-state index in [2.05, 4.69) is 0 Å². The molecule has 0 bridgehead atoms. The van der Waals surface area contributed by atoms with Gasteiger partial charge >= 0.3 is 16.1 Å². The van der Waals surface area contributed by atoms with Gasteiger partial charge in [-0.15, -0.1) is 0 Å². The molecule has 0 N–H and O–H groups in total. The molecule has 32 heavy (non-hydrogen) atoms.